The van der Waals surface area contributed by atoms with Crippen LogP contribution in [0, 0.1) is 20.8 Å². The molecule has 0 aliphatic carbocycles. The number of hydrogen-bond acceptors (Lipinski definition) is 4. The second-order valence-electron chi connectivity index (χ2n) is 8.62. The molecule has 2 amide bonds. The molecule has 0 saturated carbocycles. The van der Waals surface area contributed by atoms with E-state index in [0.29, 0.717) is 17.0 Å². The summed E-state index contributed by atoms with van der Waals surface area (Å²) in [4.78, 5) is 30.9. The van der Waals surface area contributed by atoms with Gasteiger partial charge in [-0.3, -0.25) is 9.59 Å². The first kappa shape index (κ1) is 23.3. The molecule has 3 aromatic rings. The topological polar surface area (TPSA) is 52.6 Å². The van der Waals surface area contributed by atoms with Crippen molar-refractivity contribution in [3.63, 3.8) is 0 Å². The number of nitrogens with zero attached hydrogens (tertiary/aromatic N) is 2. The smallest absolute Gasteiger partial charge is 0.282 e. The number of anilines is 3. The lowest BCUT2D eigenvalue weighted by molar-refractivity contribution is -0.120. The van der Waals surface area contributed by atoms with Gasteiger partial charge in [0.1, 0.15) is 5.70 Å². The molecule has 1 aliphatic rings. The molecule has 174 valence electrons. The fourth-order valence-corrected chi connectivity index (χ4v) is 4.29. The lowest BCUT2D eigenvalue weighted by atomic mass is 10.0. The van der Waals surface area contributed by atoms with E-state index in [1.165, 1.54) is 4.90 Å². The van der Waals surface area contributed by atoms with Crippen LogP contribution in [0.5, 0.6) is 0 Å². The van der Waals surface area contributed by atoms with Crippen molar-refractivity contribution in [2.24, 2.45) is 0 Å². The summed E-state index contributed by atoms with van der Waals surface area (Å²) in [5, 5.41) is 3.30. The highest BCUT2D eigenvalue weighted by atomic mass is 16.2. The molecular formula is C29H31N3O2. The van der Waals surface area contributed by atoms with Gasteiger partial charge in [0.05, 0.1) is 11.3 Å². The summed E-state index contributed by atoms with van der Waals surface area (Å²) in [5.74, 6) is -0.672. The molecule has 5 heteroatoms. The molecule has 0 atom stereocenters. The zero-order valence-electron chi connectivity index (χ0n) is 20.5. The van der Waals surface area contributed by atoms with Gasteiger partial charge < -0.3 is 10.2 Å². The van der Waals surface area contributed by atoms with Crippen molar-refractivity contribution in [2.75, 3.05) is 28.2 Å². The predicted octanol–water partition coefficient (Wildman–Crippen LogP) is 5.85. The lowest BCUT2D eigenvalue weighted by Gasteiger charge is -2.22. The number of hydrogen-bond donors (Lipinski definition) is 1. The minimum atomic E-state index is -0.350. The molecule has 0 unspecified atom stereocenters. The molecule has 0 bridgehead atoms. The minimum Gasteiger partial charge on any atom is -0.372 e. The summed E-state index contributed by atoms with van der Waals surface area (Å²) in [6.07, 6.45) is 0. The van der Waals surface area contributed by atoms with Gasteiger partial charge in [0.15, 0.2) is 0 Å². The third-order valence-electron chi connectivity index (χ3n) is 6.52. The third-order valence-corrected chi connectivity index (χ3v) is 6.52. The number of carbonyl (C=O) groups is 2. The number of nitrogens with one attached hydrogen (secondary N) is 1. The summed E-state index contributed by atoms with van der Waals surface area (Å²) in [7, 11) is 0. The van der Waals surface area contributed by atoms with E-state index in [-0.39, 0.29) is 11.8 Å². The maximum absolute atomic E-state index is 13.7. The maximum Gasteiger partial charge on any atom is 0.282 e. The van der Waals surface area contributed by atoms with E-state index in [2.05, 4.69) is 24.1 Å². The van der Waals surface area contributed by atoms with Crippen molar-refractivity contribution in [3.05, 3.63) is 94.7 Å². The van der Waals surface area contributed by atoms with Crippen LogP contribution in [-0.4, -0.2) is 24.9 Å². The Hall–Kier alpha value is -3.86. The fourth-order valence-electron chi connectivity index (χ4n) is 4.29. The molecule has 5 nitrogen and oxygen atoms in total. The molecule has 0 aromatic heterocycles. The van der Waals surface area contributed by atoms with E-state index in [0.717, 1.165) is 46.7 Å². The van der Waals surface area contributed by atoms with Crippen LogP contribution in [0.2, 0.25) is 0 Å². The van der Waals surface area contributed by atoms with Crippen molar-refractivity contribution in [3.8, 4) is 0 Å². The average Bonchev–Trinajstić information content (AvgIpc) is 3.08. The number of rotatable bonds is 7. The lowest BCUT2D eigenvalue weighted by Crippen LogP contribution is -2.32. The number of amides is 2. The standard InChI is InChI=1S/C29H31N3O2/c1-6-31(7-2)23-15-17-24(18-16-23)32-28(33)26(22-13-11-19(3)12-14-22)27(29(32)34)30-25-10-8-9-20(4)21(25)5/h8-18,30H,6-7H2,1-5H3. The Kier molecular flexibility index (Phi) is 6.55. The Morgan fingerprint density at radius 3 is 2.06 bits per heavy atom. The van der Waals surface area contributed by atoms with Gasteiger partial charge in [-0.05, 0) is 81.6 Å². The summed E-state index contributed by atoms with van der Waals surface area (Å²) in [6.45, 7) is 12.0. The zero-order valence-corrected chi connectivity index (χ0v) is 20.5. The van der Waals surface area contributed by atoms with Gasteiger partial charge in [-0.1, -0.05) is 42.0 Å². The molecule has 4 rings (SSSR count). The molecule has 34 heavy (non-hydrogen) atoms. The number of aryl methyl sites for hydroxylation is 2. The second kappa shape index (κ2) is 9.56. The second-order valence-corrected chi connectivity index (χ2v) is 8.62. The molecule has 3 aromatic carbocycles. The van der Waals surface area contributed by atoms with Crippen LogP contribution in [0.25, 0.3) is 5.57 Å². The highest BCUT2D eigenvalue weighted by Gasteiger charge is 2.40. The molecule has 0 spiro atoms. The molecule has 1 aliphatic heterocycles. The summed E-state index contributed by atoms with van der Waals surface area (Å²) >= 11 is 0. The first-order valence-corrected chi connectivity index (χ1v) is 11.7. The van der Waals surface area contributed by atoms with Crippen molar-refractivity contribution >= 4 is 34.4 Å². The van der Waals surface area contributed by atoms with Crippen LogP contribution < -0.4 is 15.1 Å². The van der Waals surface area contributed by atoms with Crippen molar-refractivity contribution in [1.29, 1.82) is 0 Å². The van der Waals surface area contributed by atoms with Gasteiger partial charge in [0, 0.05) is 24.5 Å². The van der Waals surface area contributed by atoms with Gasteiger partial charge >= 0.3 is 0 Å². The van der Waals surface area contributed by atoms with Gasteiger partial charge in [-0.2, -0.15) is 0 Å². The zero-order chi connectivity index (χ0) is 24.4. The summed E-state index contributed by atoms with van der Waals surface area (Å²) in [5.41, 5.74) is 7.10. The average molecular weight is 454 g/mol. The van der Waals surface area contributed by atoms with Gasteiger partial charge in [-0.25, -0.2) is 4.90 Å². The highest BCUT2D eigenvalue weighted by molar-refractivity contribution is 6.46. The molecule has 1 N–H and O–H groups in total. The third kappa shape index (κ3) is 4.21. The van der Waals surface area contributed by atoms with E-state index < -0.39 is 0 Å². The predicted molar refractivity (Wildman–Crippen MR) is 140 cm³/mol. The Balaban J connectivity index is 1.77. The van der Waals surface area contributed by atoms with Crippen LogP contribution in [0.1, 0.15) is 36.1 Å². The van der Waals surface area contributed by atoms with Gasteiger partial charge in [0.25, 0.3) is 11.8 Å². The Morgan fingerprint density at radius 1 is 0.794 bits per heavy atom. The molecule has 0 radical (unpaired) electrons. The molecular weight excluding hydrogens is 422 g/mol. The molecule has 0 fully saturated rings. The largest absolute Gasteiger partial charge is 0.372 e. The Morgan fingerprint density at radius 2 is 1.44 bits per heavy atom. The van der Waals surface area contributed by atoms with Gasteiger partial charge in [-0.15, -0.1) is 0 Å². The van der Waals surface area contributed by atoms with E-state index in [1.807, 2.05) is 87.5 Å². The SMILES string of the molecule is CCN(CC)c1ccc(N2C(=O)C(Nc3cccc(C)c3C)=C(c3ccc(C)cc3)C2=O)cc1. The van der Waals surface area contributed by atoms with Gasteiger partial charge in [0.2, 0.25) is 0 Å². The van der Waals surface area contributed by atoms with Crippen LogP contribution in [-0.2, 0) is 9.59 Å². The monoisotopic (exact) mass is 453 g/mol. The van der Waals surface area contributed by atoms with Crippen LogP contribution in [0.3, 0.4) is 0 Å². The first-order chi connectivity index (χ1) is 16.3. The quantitative estimate of drug-likeness (QED) is 0.456. The number of carbonyl (C=O) groups excluding carboxylic acids is 2. The minimum absolute atomic E-state index is 0.301. The number of imide groups is 1. The Labute approximate surface area is 201 Å². The van der Waals surface area contributed by atoms with Crippen LogP contribution in [0.15, 0.2) is 72.4 Å². The van der Waals surface area contributed by atoms with Crippen molar-refractivity contribution in [2.45, 2.75) is 34.6 Å². The number of benzene rings is 3. The normalized spacial score (nSPS) is 13.6. The Bertz CT molecular complexity index is 1250. The van der Waals surface area contributed by atoms with E-state index in [9.17, 15) is 9.59 Å². The summed E-state index contributed by atoms with van der Waals surface area (Å²) in [6, 6.07) is 21.2. The van der Waals surface area contributed by atoms with E-state index >= 15 is 0 Å². The van der Waals surface area contributed by atoms with Crippen LogP contribution >= 0.6 is 0 Å². The van der Waals surface area contributed by atoms with Crippen LogP contribution in [0.4, 0.5) is 17.1 Å². The molecule has 0 saturated heterocycles. The maximum atomic E-state index is 13.7. The fraction of sp³-hybridized carbons (Fsp3) is 0.241. The van der Waals surface area contributed by atoms with Crippen molar-refractivity contribution in [1.82, 2.24) is 0 Å². The van der Waals surface area contributed by atoms with Crippen molar-refractivity contribution < 1.29 is 9.59 Å². The van der Waals surface area contributed by atoms with E-state index in [4.69, 9.17) is 0 Å². The highest BCUT2D eigenvalue weighted by Crippen LogP contribution is 2.35. The molecule has 1 heterocycles. The van der Waals surface area contributed by atoms with E-state index in [1.54, 1.807) is 0 Å². The summed E-state index contributed by atoms with van der Waals surface area (Å²) < 4.78 is 0. The first-order valence-electron chi connectivity index (χ1n) is 11.7.